The number of rotatable bonds is 6. The van der Waals surface area contributed by atoms with E-state index in [4.69, 9.17) is 4.74 Å². The van der Waals surface area contributed by atoms with E-state index < -0.39 is 11.7 Å². The molecular weight excluding hydrogens is 321 g/mol. The molecule has 0 saturated carbocycles. The van der Waals surface area contributed by atoms with Gasteiger partial charge in [0.15, 0.2) is 0 Å². The molecule has 2 rings (SSSR count). The number of anilines is 2. The van der Waals surface area contributed by atoms with Crippen molar-refractivity contribution < 1.29 is 13.9 Å². The fraction of sp³-hybridized carbons (Fsp3) is 0.421. The van der Waals surface area contributed by atoms with Crippen LogP contribution >= 0.6 is 0 Å². The molecule has 0 unspecified atom stereocenters. The van der Waals surface area contributed by atoms with Crippen LogP contribution in [0, 0.1) is 5.82 Å². The van der Waals surface area contributed by atoms with Gasteiger partial charge in [-0.05, 0) is 57.0 Å². The van der Waals surface area contributed by atoms with Gasteiger partial charge in [0.05, 0.1) is 11.4 Å². The second kappa shape index (κ2) is 8.05. The number of carbonyl (C=O) groups is 1. The number of hydrogen-bond acceptors (Lipinski definition) is 3. The molecule has 1 aromatic carbocycles. The molecule has 0 radical (unpaired) electrons. The zero-order valence-corrected chi connectivity index (χ0v) is 15.2. The number of aromatic nitrogens is 1. The predicted octanol–water partition coefficient (Wildman–Crippen LogP) is 5.00. The highest BCUT2D eigenvalue weighted by Gasteiger charge is 2.17. The van der Waals surface area contributed by atoms with E-state index >= 15 is 0 Å². The fourth-order valence-corrected chi connectivity index (χ4v) is 2.37. The molecule has 2 N–H and O–H groups in total. The largest absolute Gasteiger partial charge is 0.444 e. The molecule has 0 saturated heterocycles. The van der Waals surface area contributed by atoms with Gasteiger partial charge in [-0.3, -0.25) is 5.32 Å². The minimum Gasteiger partial charge on any atom is -0.444 e. The Hall–Kier alpha value is -2.50. The topological polar surface area (TPSA) is 55.3 Å². The second-order valence-electron chi connectivity index (χ2n) is 6.93. The van der Waals surface area contributed by atoms with Crippen molar-refractivity contribution in [1.29, 1.82) is 0 Å². The van der Waals surface area contributed by atoms with Crippen LogP contribution in [0.4, 0.5) is 20.6 Å². The third-order valence-electron chi connectivity index (χ3n) is 3.39. The molecule has 0 bridgehead atoms. The lowest BCUT2D eigenvalue weighted by Crippen LogP contribution is -2.27. The van der Waals surface area contributed by atoms with Crippen molar-refractivity contribution in [3.63, 3.8) is 0 Å². The van der Waals surface area contributed by atoms with E-state index in [0.717, 1.165) is 18.5 Å². The van der Waals surface area contributed by atoms with Crippen molar-refractivity contribution in [2.45, 2.75) is 52.8 Å². The normalized spacial score (nSPS) is 11.2. The smallest absolute Gasteiger partial charge is 0.412 e. The van der Waals surface area contributed by atoms with Crippen molar-refractivity contribution in [3.8, 4) is 0 Å². The lowest BCUT2D eigenvalue weighted by molar-refractivity contribution is 0.0636. The molecule has 6 heteroatoms. The maximum absolute atomic E-state index is 13.6. The van der Waals surface area contributed by atoms with Crippen molar-refractivity contribution in [2.75, 3.05) is 10.6 Å². The van der Waals surface area contributed by atoms with Crippen LogP contribution < -0.4 is 10.6 Å². The van der Waals surface area contributed by atoms with Crippen molar-refractivity contribution in [1.82, 2.24) is 4.57 Å². The number of hydrogen-bond donors (Lipinski definition) is 2. The van der Waals surface area contributed by atoms with Crippen LogP contribution in [-0.2, 0) is 17.8 Å². The molecular formula is C19H26FN3O2. The number of halogens is 1. The summed E-state index contributed by atoms with van der Waals surface area (Å²) in [5.74, 6) is -0.374. The highest BCUT2D eigenvalue weighted by Crippen LogP contribution is 2.24. The van der Waals surface area contributed by atoms with Gasteiger partial charge in [-0.2, -0.15) is 0 Å². The molecule has 1 aromatic heterocycles. The van der Waals surface area contributed by atoms with Crippen LogP contribution in [0.25, 0.3) is 0 Å². The van der Waals surface area contributed by atoms with Crippen LogP contribution in [0.15, 0.2) is 36.7 Å². The van der Waals surface area contributed by atoms with Gasteiger partial charge in [0, 0.05) is 25.5 Å². The van der Waals surface area contributed by atoms with E-state index in [1.165, 1.54) is 18.2 Å². The summed E-state index contributed by atoms with van der Waals surface area (Å²) in [6.45, 7) is 8.99. The lowest BCUT2D eigenvalue weighted by atomic mass is 10.2. The first kappa shape index (κ1) is 18.8. The van der Waals surface area contributed by atoms with Gasteiger partial charge in [0.1, 0.15) is 11.4 Å². The third kappa shape index (κ3) is 6.14. The fourth-order valence-electron chi connectivity index (χ4n) is 2.37. The number of nitrogens with one attached hydrogen (secondary N) is 2. The van der Waals surface area contributed by atoms with E-state index in [9.17, 15) is 9.18 Å². The molecule has 25 heavy (non-hydrogen) atoms. The Balaban J connectivity index is 2.05. The molecule has 0 atom stereocenters. The highest BCUT2D eigenvalue weighted by atomic mass is 19.1. The van der Waals surface area contributed by atoms with Gasteiger partial charge >= 0.3 is 6.09 Å². The molecule has 0 aliphatic carbocycles. The van der Waals surface area contributed by atoms with E-state index in [1.54, 1.807) is 20.8 Å². The Labute approximate surface area is 148 Å². The monoisotopic (exact) mass is 347 g/mol. The molecule has 1 heterocycles. The summed E-state index contributed by atoms with van der Waals surface area (Å²) < 4.78 is 21.0. The maximum Gasteiger partial charge on any atom is 0.412 e. The minimum absolute atomic E-state index is 0.374. The van der Waals surface area contributed by atoms with Gasteiger partial charge in [-0.1, -0.05) is 6.92 Å². The molecule has 0 aliphatic heterocycles. The van der Waals surface area contributed by atoms with E-state index in [1.807, 2.05) is 12.3 Å². The van der Waals surface area contributed by atoms with Gasteiger partial charge in [-0.15, -0.1) is 0 Å². The first-order chi connectivity index (χ1) is 11.8. The van der Waals surface area contributed by atoms with Crippen LogP contribution in [0.2, 0.25) is 0 Å². The number of ether oxygens (including phenoxy) is 1. The Morgan fingerprint density at radius 2 is 2.00 bits per heavy atom. The number of amides is 1. The molecule has 0 fully saturated rings. The van der Waals surface area contributed by atoms with Crippen LogP contribution in [0.1, 0.15) is 39.7 Å². The molecule has 0 spiro atoms. The summed E-state index contributed by atoms with van der Waals surface area (Å²) in [6, 6.07) is 6.19. The van der Waals surface area contributed by atoms with E-state index in [2.05, 4.69) is 28.3 Å². The Morgan fingerprint density at radius 3 is 2.68 bits per heavy atom. The van der Waals surface area contributed by atoms with Gasteiger partial charge in [0.2, 0.25) is 0 Å². The van der Waals surface area contributed by atoms with Crippen molar-refractivity contribution in [2.24, 2.45) is 0 Å². The molecule has 1 amide bonds. The van der Waals surface area contributed by atoms with Crippen molar-refractivity contribution >= 4 is 17.5 Å². The van der Waals surface area contributed by atoms with Crippen molar-refractivity contribution in [3.05, 3.63) is 48.0 Å². The zero-order chi connectivity index (χ0) is 18.4. The minimum atomic E-state index is -0.597. The second-order valence-corrected chi connectivity index (χ2v) is 6.93. The molecule has 2 aromatic rings. The third-order valence-corrected chi connectivity index (χ3v) is 3.39. The molecule has 136 valence electrons. The first-order valence-electron chi connectivity index (χ1n) is 8.45. The Kier molecular flexibility index (Phi) is 6.07. The first-order valence-corrected chi connectivity index (χ1v) is 8.45. The molecule has 5 nitrogen and oxygen atoms in total. The van der Waals surface area contributed by atoms with E-state index in [0.29, 0.717) is 17.9 Å². The van der Waals surface area contributed by atoms with Crippen LogP contribution in [0.5, 0.6) is 0 Å². The standard InChI is InChI=1S/C19H26FN3O2/c1-5-9-23-10-8-14(13-23)12-21-17-11-15(20)6-7-16(17)22-18(24)25-19(2,3)4/h6-8,10-11,13,21H,5,9,12H2,1-4H3,(H,22,24). The summed E-state index contributed by atoms with van der Waals surface area (Å²) >= 11 is 0. The predicted molar refractivity (Wildman–Crippen MR) is 98.3 cm³/mol. The quantitative estimate of drug-likeness (QED) is 0.773. The number of aryl methyl sites for hydroxylation is 1. The lowest BCUT2D eigenvalue weighted by Gasteiger charge is -2.20. The SMILES string of the molecule is CCCn1ccc(CNc2cc(F)ccc2NC(=O)OC(C)(C)C)c1. The van der Waals surface area contributed by atoms with Gasteiger partial charge in [-0.25, -0.2) is 9.18 Å². The number of carbonyl (C=O) groups excluding carboxylic acids is 1. The highest BCUT2D eigenvalue weighted by molar-refractivity contribution is 5.89. The Bertz CT molecular complexity index is 720. The molecule has 0 aliphatic rings. The van der Waals surface area contributed by atoms with E-state index in [-0.39, 0.29) is 5.82 Å². The maximum atomic E-state index is 13.6. The number of benzene rings is 1. The van der Waals surface area contributed by atoms with Gasteiger partial charge < -0.3 is 14.6 Å². The summed E-state index contributed by atoms with van der Waals surface area (Å²) in [7, 11) is 0. The average molecular weight is 347 g/mol. The van der Waals surface area contributed by atoms with Gasteiger partial charge in [0.25, 0.3) is 0 Å². The van der Waals surface area contributed by atoms with Crippen LogP contribution in [0.3, 0.4) is 0 Å². The summed E-state index contributed by atoms with van der Waals surface area (Å²) in [6.07, 6.45) is 4.56. The average Bonchev–Trinajstić information content (AvgIpc) is 2.93. The Morgan fingerprint density at radius 1 is 1.24 bits per heavy atom. The summed E-state index contributed by atoms with van der Waals surface area (Å²) in [4.78, 5) is 12.0. The zero-order valence-electron chi connectivity index (χ0n) is 15.2. The summed E-state index contributed by atoms with van der Waals surface area (Å²) in [5, 5.41) is 5.83. The summed E-state index contributed by atoms with van der Waals surface area (Å²) in [5.41, 5.74) is 1.47. The number of nitrogens with zero attached hydrogens (tertiary/aromatic N) is 1. The van der Waals surface area contributed by atoms with Crippen LogP contribution in [-0.4, -0.2) is 16.3 Å².